The molecule has 1 fully saturated rings. The Bertz CT molecular complexity index is 662. The monoisotopic (exact) mass is 361 g/mol. The topological polar surface area (TPSA) is 79.9 Å². The summed E-state index contributed by atoms with van der Waals surface area (Å²) in [6.07, 6.45) is 2.87. The number of ether oxygens (including phenoxy) is 2. The molecule has 2 N–H and O–H groups in total. The highest BCUT2D eigenvalue weighted by atomic mass is 16.5. The average molecular weight is 361 g/mol. The molecule has 0 aromatic heterocycles. The molecule has 0 radical (unpaired) electrons. The van der Waals surface area contributed by atoms with Gasteiger partial charge in [-0.25, -0.2) is 4.79 Å². The molecular weight excluding hydrogens is 334 g/mol. The number of likely N-dealkylation sites (tertiary alicyclic amines) is 1. The summed E-state index contributed by atoms with van der Waals surface area (Å²) in [5.74, 6) is 1.26. The first-order valence-electron chi connectivity index (χ1n) is 9.27. The van der Waals surface area contributed by atoms with E-state index in [9.17, 15) is 9.59 Å². The molecule has 1 saturated heterocycles. The predicted octanol–water partition coefficient (Wildman–Crippen LogP) is 2.22. The standard InChI is InChI=1S/C19H27N3O4/c1-13(2)20-19(24)21-18(23)12-22-8-3-5-15(22)14-6-7-16-17(11-14)26-10-4-9-25-16/h6-7,11,13,15H,3-5,8-10,12H2,1-2H3,(H2,20,21,23,24)/t15-/m0/s1. The lowest BCUT2D eigenvalue weighted by Crippen LogP contribution is -2.46. The number of carbonyl (C=O) groups excluding carboxylic acids is 2. The summed E-state index contributed by atoms with van der Waals surface area (Å²) in [7, 11) is 0. The van der Waals surface area contributed by atoms with Gasteiger partial charge >= 0.3 is 6.03 Å². The Kier molecular flexibility index (Phi) is 5.98. The van der Waals surface area contributed by atoms with E-state index in [1.165, 1.54) is 0 Å². The third-order valence-corrected chi connectivity index (χ3v) is 4.54. The Hall–Kier alpha value is -2.28. The number of nitrogens with one attached hydrogen (secondary N) is 2. The molecule has 1 aromatic carbocycles. The summed E-state index contributed by atoms with van der Waals surface area (Å²) < 4.78 is 11.5. The number of fused-ring (bicyclic) bond motifs is 1. The quantitative estimate of drug-likeness (QED) is 0.860. The molecule has 2 aliphatic heterocycles. The fourth-order valence-electron chi connectivity index (χ4n) is 3.43. The van der Waals surface area contributed by atoms with Gasteiger partial charge in [0.15, 0.2) is 11.5 Å². The van der Waals surface area contributed by atoms with E-state index in [4.69, 9.17) is 9.47 Å². The van der Waals surface area contributed by atoms with E-state index >= 15 is 0 Å². The van der Waals surface area contributed by atoms with Crippen molar-refractivity contribution in [3.63, 3.8) is 0 Å². The van der Waals surface area contributed by atoms with Gasteiger partial charge in [-0.2, -0.15) is 0 Å². The molecule has 0 spiro atoms. The maximum absolute atomic E-state index is 12.2. The Morgan fingerprint density at radius 3 is 2.73 bits per heavy atom. The van der Waals surface area contributed by atoms with Crippen LogP contribution in [0, 0.1) is 0 Å². The van der Waals surface area contributed by atoms with E-state index in [0.717, 1.165) is 42.9 Å². The second-order valence-electron chi connectivity index (χ2n) is 7.06. The molecule has 3 amide bonds. The van der Waals surface area contributed by atoms with Crippen LogP contribution >= 0.6 is 0 Å². The zero-order valence-corrected chi connectivity index (χ0v) is 15.4. The van der Waals surface area contributed by atoms with Crippen LogP contribution in [0.1, 0.15) is 44.7 Å². The van der Waals surface area contributed by atoms with Crippen LogP contribution in [0.5, 0.6) is 11.5 Å². The van der Waals surface area contributed by atoms with Crippen LogP contribution in [0.2, 0.25) is 0 Å². The molecular formula is C19H27N3O4. The van der Waals surface area contributed by atoms with Gasteiger partial charge in [-0.1, -0.05) is 6.07 Å². The van der Waals surface area contributed by atoms with Gasteiger partial charge in [-0.3, -0.25) is 15.0 Å². The molecule has 7 nitrogen and oxygen atoms in total. The molecule has 2 aliphatic rings. The lowest BCUT2D eigenvalue weighted by Gasteiger charge is -2.24. The first-order valence-corrected chi connectivity index (χ1v) is 9.27. The molecule has 0 bridgehead atoms. The lowest BCUT2D eigenvalue weighted by molar-refractivity contribution is -0.121. The summed E-state index contributed by atoms with van der Waals surface area (Å²) in [4.78, 5) is 26.0. The zero-order chi connectivity index (χ0) is 18.5. The van der Waals surface area contributed by atoms with Crippen molar-refractivity contribution in [3.8, 4) is 11.5 Å². The number of rotatable bonds is 4. The summed E-state index contributed by atoms with van der Waals surface area (Å²) in [6.45, 7) is 6.05. The van der Waals surface area contributed by atoms with Crippen LogP contribution in [0.25, 0.3) is 0 Å². The van der Waals surface area contributed by atoms with E-state index in [1.807, 2.05) is 32.0 Å². The van der Waals surface area contributed by atoms with E-state index in [-0.39, 0.29) is 24.5 Å². The van der Waals surface area contributed by atoms with E-state index in [0.29, 0.717) is 13.2 Å². The van der Waals surface area contributed by atoms with Crippen LogP contribution in [0.15, 0.2) is 18.2 Å². The van der Waals surface area contributed by atoms with Gasteiger partial charge in [0.2, 0.25) is 5.91 Å². The summed E-state index contributed by atoms with van der Waals surface area (Å²) in [6, 6.07) is 5.70. The second-order valence-corrected chi connectivity index (χ2v) is 7.06. The van der Waals surface area contributed by atoms with Gasteiger partial charge in [-0.15, -0.1) is 0 Å². The SMILES string of the molecule is CC(C)NC(=O)NC(=O)CN1CCC[C@H]1c1ccc2c(c1)OCCCO2. The minimum atomic E-state index is -0.448. The van der Waals surface area contributed by atoms with Crippen LogP contribution < -0.4 is 20.1 Å². The predicted molar refractivity (Wildman–Crippen MR) is 97.4 cm³/mol. The number of benzene rings is 1. The Labute approximate surface area is 154 Å². The molecule has 0 unspecified atom stereocenters. The molecule has 0 saturated carbocycles. The van der Waals surface area contributed by atoms with Gasteiger partial charge in [0, 0.05) is 18.5 Å². The number of hydrogen-bond acceptors (Lipinski definition) is 5. The number of carbonyl (C=O) groups is 2. The first kappa shape index (κ1) is 18.5. The molecule has 26 heavy (non-hydrogen) atoms. The van der Waals surface area contributed by atoms with Gasteiger partial charge in [-0.05, 0) is 50.9 Å². The van der Waals surface area contributed by atoms with Crippen molar-refractivity contribution in [2.24, 2.45) is 0 Å². The highest BCUT2D eigenvalue weighted by Gasteiger charge is 2.29. The second kappa shape index (κ2) is 8.40. The minimum absolute atomic E-state index is 0.0101. The smallest absolute Gasteiger partial charge is 0.321 e. The minimum Gasteiger partial charge on any atom is -0.490 e. The maximum Gasteiger partial charge on any atom is 0.321 e. The van der Waals surface area contributed by atoms with Crippen molar-refractivity contribution in [1.29, 1.82) is 0 Å². The number of nitrogens with zero attached hydrogens (tertiary/aromatic N) is 1. The molecule has 0 aliphatic carbocycles. The summed E-state index contributed by atoms with van der Waals surface area (Å²) in [5, 5.41) is 5.05. The fraction of sp³-hybridized carbons (Fsp3) is 0.579. The van der Waals surface area contributed by atoms with Crippen LogP contribution in [0.3, 0.4) is 0 Å². The molecule has 1 atom stereocenters. The van der Waals surface area contributed by atoms with Crippen molar-refractivity contribution >= 4 is 11.9 Å². The highest BCUT2D eigenvalue weighted by Crippen LogP contribution is 2.37. The molecule has 142 valence electrons. The third-order valence-electron chi connectivity index (χ3n) is 4.54. The normalized spacial score (nSPS) is 19.9. The van der Waals surface area contributed by atoms with Gasteiger partial charge in [0.1, 0.15) is 0 Å². The molecule has 2 heterocycles. The number of urea groups is 1. The Morgan fingerprint density at radius 2 is 1.96 bits per heavy atom. The van der Waals surface area contributed by atoms with Crippen LogP contribution in [-0.2, 0) is 4.79 Å². The number of amides is 3. The Balaban J connectivity index is 1.64. The lowest BCUT2D eigenvalue weighted by atomic mass is 10.0. The summed E-state index contributed by atoms with van der Waals surface area (Å²) >= 11 is 0. The van der Waals surface area contributed by atoms with Crippen molar-refractivity contribution in [2.75, 3.05) is 26.3 Å². The van der Waals surface area contributed by atoms with Gasteiger partial charge in [0.25, 0.3) is 0 Å². The van der Waals surface area contributed by atoms with Crippen molar-refractivity contribution in [3.05, 3.63) is 23.8 Å². The zero-order valence-electron chi connectivity index (χ0n) is 15.4. The maximum atomic E-state index is 12.2. The first-order chi connectivity index (χ1) is 12.5. The molecule has 7 heteroatoms. The number of hydrogen-bond donors (Lipinski definition) is 2. The number of imide groups is 1. The van der Waals surface area contributed by atoms with Gasteiger partial charge < -0.3 is 14.8 Å². The van der Waals surface area contributed by atoms with Crippen molar-refractivity contribution < 1.29 is 19.1 Å². The highest BCUT2D eigenvalue weighted by molar-refractivity contribution is 5.95. The fourth-order valence-corrected chi connectivity index (χ4v) is 3.43. The largest absolute Gasteiger partial charge is 0.490 e. The van der Waals surface area contributed by atoms with Crippen LogP contribution in [-0.4, -0.2) is 49.2 Å². The average Bonchev–Trinajstić information content (AvgIpc) is 2.89. The third kappa shape index (κ3) is 4.66. The van der Waals surface area contributed by atoms with Crippen LogP contribution in [0.4, 0.5) is 4.79 Å². The Morgan fingerprint density at radius 1 is 1.19 bits per heavy atom. The van der Waals surface area contributed by atoms with Crippen molar-refractivity contribution in [2.45, 2.75) is 45.2 Å². The summed E-state index contributed by atoms with van der Waals surface area (Å²) in [5.41, 5.74) is 1.12. The van der Waals surface area contributed by atoms with E-state index in [2.05, 4.69) is 15.5 Å². The van der Waals surface area contributed by atoms with E-state index < -0.39 is 6.03 Å². The van der Waals surface area contributed by atoms with E-state index in [1.54, 1.807) is 0 Å². The molecule has 1 aromatic rings. The van der Waals surface area contributed by atoms with Gasteiger partial charge in [0.05, 0.1) is 19.8 Å². The molecule has 3 rings (SSSR count). The van der Waals surface area contributed by atoms with Crippen molar-refractivity contribution in [1.82, 2.24) is 15.5 Å².